The van der Waals surface area contributed by atoms with E-state index in [4.69, 9.17) is 11.6 Å². The van der Waals surface area contributed by atoms with E-state index >= 15 is 0 Å². The van der Waals surface area contributed by atoms with E-state index in [9.17, 15) is 4.79 Å². The van der Waals surface area contributed by atoms with Crippen LogP contribution in [0.15, 0.2) is 0 Å². The molecule has 0 heterocycles. The number of carbonyl (C=O) groups is 1. The maximum absolute atomic E-state index is 10.9. The molecule has 0 aliphatic heterocycles. The number of carbonyl (C=O) groups excluding carboxylic acids is 1. The first-order valence-corrected chi connectivity index (χ1v) is 4.79. The molecule has 0 aromatic rings. The molecule has 1 nitrogen and oxygen atoms in total. The van der Waals surface area contributed by atoms with Crippen LogP contribution >= 0.6 is 11.6 Å². The highest BCUT2D eigenvalue weighted by Gasteiger charge is 2.47. The van der Waals surface area contributed by atoms with Gasteiger partial charge in [0.2, 0.25) is 5.24 Å². The molecule has 0 saturated heterocycles. The topological polar surface area (TPSA) is 17.1 Å². The Kier molecular flexibility index (Phi) is 2.94. The van der Waals surface area contributed by atoms with E-state index in [2.05, 4.69) is 6.92 Å². The van der Waals surface area contributed by atoms with Crippen LogP contribution in [0, 0.1) is 5.41 Å². The van der Waals surface area contributed by atoms with Gasteiger partial charge < -0.3 is 0 Å². The molecule has 1 aliphatic rings. The van der Waals surface area contributed by atoms with Gasteiger partial charge in [0.1, 0.15) is 0 Å². The van der Waals surface area contributed by atoms with Crippen LogP contribution in [-0.2, 0) is 4.79 Å². The van der Waals surface area contributed by atoms with Gasteiger partial charge >= 0.3 is 0 Å². The molecule has 0 radical (unpaired) electrons. The van der Waals surface area contributed by atoms with Gasteiger partial charge in [-0.3, -0.25) is 4.79 Å². The average Bonchev–Trinajstić information content (AvgIpc) is 2.70. The van der Waals surface area contributed by atoms with Crippen molar-refractivity contribution in [3.8, 4) is 0 Å². The summed E-state index contributed by atoms with van der Waals surface area (Å²) in [4.78, 5) is 10.9. The minimum atomic E-state index is -0.103. The molecule has 0 spiro atoms. The van der Waals surface area contributed by atoms with Crippen LogP contribution in [0.5, 0.6) is 0 Å². The van der Waals surface area contributed by atoms with Crippen LogP contribution in [0.3, 0.4) is 0 Å². The molecule has 0 aromatic carbocycles. The Balaban J connectivity index is 2.20. The summed E-state index contributed by atoms with van der Waals surface area (Å²) in [5.74, 6) is 0. The van der Waals surface area contributed by atoms with E-state index < -0.39 is 0 Å². The van der Waals surface area contributed by atoms with Crippen LogP contribution in [0.1, 0.15) is 45.4 Å². The molecule has 1 aliphatic carbocycles. The largest absolute Gasteiger partial charge is 0.281 e. The van der Waals surface area contributed by atoms with Crippen molar-refractivity contribution >= 4 is 16.8 Å². The summed E-state index contributed by atoms with van der Waals surface area (Å²) in [6.45, 7) is 2.17. The first-order chi connectivity index (χ1) is 5.21. The minimum Gasteiger partial charge on any atom is -0.281 e. The first-order valence-electron chi connectivity index (χ1n) is 4.41. The molecule has 1 saturated carbocycles. The van der Waals surface area contributed by atoms with Crippen molar-refractivity contribution in [2.75, 3.05) is 0 Å². The van der Waals surface area contributed by atoms with Gasteiger partial charge in [0.15, 0.2) is 0 Å². The first kappa shape index (κ1) is 9.05. The molecule has 11 heavy (non-hydrogen) atoms. The lowest BCUT2D eigenvalue weighted by Crippen LogP contribution is -2.08. The van der Waals surface area contributed by atoms with Crippen molar-refractivity contribution in [1.82, 2.24) is 0 Å². The fraction of sp³-hybridized carbons (Fsp3) is 0.889. The van der Waals surface area contributed by atoms with Gasteiger partial charge in [-0.2, -0.15) is 0 Å². The van der Waals surface area contributed by atoms with Crippen molar-refractivity contribution in [2.45, 2.75) is 45.4 Å². The van der Waals surface area contributed by atoms with Gasteiger partial charge in [-0.05, 0) is 30.9 Å². The molecular formula is C9H15ClO. The van der Waals surface area contributed by atoms with Crippen molar-refractivity contribution in [1.29, 1.82) is 0 Å². The summed E-state index contributed by atoms with van der Waals surface area (Å²) in [6.07, 6.45) is 6.68. The quantitative estimate of drug-likeness (QED) is 0.463. The maximum Gasteiger partial charge on any atom is 0.227 e. The fourth-order valence-corrected chi connectivity index (χ4v) is 1.69. The highest BCUT2D eigenvalue weighted by molar-refractivity contribution is 6.65. The van der Waals surface area contributed by atoms with Gasteiger partial charge in [0.05, 0.1) is 0 Å². The summed E-state index contributed by atoms with van der Waals surface area (Å²) in [7, 11) is 0. The molecule has 0 amide bonds. The second-order valence-corrected chi connectivity index (χ2v) is 3.85. The van der Waals surface area contributed by atoms with E-state index in [1.165, 1.54) is 12.8 Å². The lowest BCUT2D eigenvalue weighted by atomic mass is 10.0. The molecule has 0 atom stereocenters. The molecule has 2 heteroatoms. The second-order valence-electron chi connectivity index (χ2n) is 3.51. The highest BCUT2D eigenvalue weighted by atomic mass is 35.5. The molecule has 0 aromatic heterocycles. The number of hydrogen-bond donors (Lipinski definition) is 0. The zero-order valence-electron chi connectivity index (χ0n) is 7.03. The van der Waals surface area contributed by atoms with E-state index in [1.807, 2.05) is 0 Å². The van der Waals surface area contributed by atoms with Gasteiger partial charge in [-0.15, -0.1) is 0 Å². The summed E-state index contributed by atoms with van der Waals surface area (Å²) in [5, 5.41) is -0.103. The number of halogens is 1. The minimum absolute atomic E-state index is 0.0727. The number of rotatable bonds is 5. The SMILES string of the molecule is CCCCCC1(C(=O)Cl)CC1. The van der Waals surface area contributed by atoms with Gasteiger partial charge in [-0.25, -0.2) is 0 Å². The maximum atomic E-state index is 10.9. The Hall–Kier alpha value is -0.0400. The predicted molar refractivity (Wildman–Crippen MR) is 46.7 cm³/mol. The van der Waals surface area contributed by atoms with Crippen LogP contribution in [-0.4, -0.2) is 5.24 Å². The monoisotopic (exact) mass is 174 g/mol. The van der Waals surface area contributed by atoms with Crippen LogP contribution < -0.4 is 0 Å². The Morgan fingerprint density at radius 2 is 2.09 bits per heavy atom. The Morgan fingerprint density at radius 3 is 2.45 bits per heavy atom. The highest BCUT2D eigenvalue weighted by Crippen LogP contribution is 2.51. The fourth-order valence-electron chi connectivity index (χ4n) is 1.41. The lowest BCUT2D eigenvalue weighted by molar-refractivity contribution is -0.116. The number of hydrogen-bond acceptors (Lipinski definition) is 1. The van der Waals surface area contributed by atoms with Gasteiger partial charge in [-0.1, -0.05) is 26.2 Å². The number of unbranched alkanes of at least 4 members (excludes halogenated alkanes) is 2. The van der Waals surface area contributed by atoms with Crippen molar-refractivity contribution < 1.29 is 4.79 Å². The van der Waals surface area contributed by atoms with Gasteiger partial charge in [0, 0.05) is 5.41 Å². The molecule has 1 fully saturated rings. The van der Waals surface area contributed by atoms with Crippen LogP contribution in [0.4, 0.5) is 0 Å². The zero-order chi connectivity index (χ0) is 8.32. The van der Waals surface area contributed by atoms with Crippen LogP contribution in [0.2, 0.25) is 0 Å². The molecule has 64 valence electrons. The van der Waals surface area contributed by atoms with E-state index in [-0.39, 0.29) is 10.7 Å². The third-order valence-corrected chi connectivity index (χ3v) is 2.93. The normalized spacial score (nSPS) is 19.8. The third kappa shape index (κ3) is 2.19. The third-order valence-electron chi connectivity index (χ3n) is 2.53. The lowest BCUT2D eigenvalue weighted by Gasteiger charge is -2.07. The zero-order valence-corrected chi connectivity index (χ0v) is 7.78. The van der Waals surface area contributed by atoms with Crippen molar-refractivity contribution in [3.63, 3.8) is 0 Å². The summed E-state index contributed by atoms with van der Waals surface area (Å²) < 4.78 is 0. The van der Waals surface area contributed by atoms with Crippen LogP contribution in [0.25, 0.3) is 0 Å². The molecular weight excluding hydrogens is 160 g/mol. The molecule has 0 N–H and O–H groups in total. The van der Waals surface area contributed by atoms with Crippen molar-refractivity contribution in [3.05, 3.63) is 0 Å². The predicted octanol–water partition coefficient (Wildman–Crippen LogP) is 3.11. The Bertz CT molecular complexity index is 150. The Morgan fingerprint density at radius 1 is 1.45 bits per heavy atom. The second kappa shape index (κ2) is 3.57. The molecule has 0 bridgehead atoms. The summed E-state index contributed by atoms with van der Waals surface area (Å²) in [6, 6.07) is 0. The van der Waals surface area contributed by atoms with E-state index in [0.29, 0.717) is 0 Å². The Labute approximate surface area is 73.1 Å². The van der Waals surface area contributed by atoms with E-state index in [0.717, 1.165) is 25.7 Å². The average molecular weight is 175 g/mol. The molecule has 0 unspecified atom stereocenters. The smallest absolute Gasteiger partial charge is 0.227 e. The van der Waals surface area contributed by atoms with Gasteiger partial charge in [0.25, 0.3) is 0 Å². The van der Waals surface area contributed by atoms with E-state index in [1.54, 1.807) is 0 Å². The standard InChI is InChI=1S/C9H15ClO/c1-2-3-4-5-9(6-7-9)8(10)11/h2-7H2,1H3. The summed E-state index contributed by atoms with van der Waals surface area (Å²) in [5.41, 5.74) is -0.0727. The van der Waals surface area contributed by atoms with Crippen molar-refractivity contribution in [2.24, 2.45) is 5.41 Å². The molecule has 1 rings (SSSR count). The summed E-state index contributed by atoms with van der Waals surface area (Å²) >= 11 is 5.47.